The van der Waals surface area contributed by atoms with Crippen LogP contribution in [0.15, 0.2) is 36.4 Å². The molecule has 0 aliphatic heterocycles. The monoisotopic (exact) mass is 1110 g/mol. The van der Waals surface area contributed by atoms with E-state index in [1.165, 1.54) is 166 Å². The van der Waals surface area contributed by atoms with Crippen molar-refractivity contribution in [2.45, 2.75) is 248 Å². The van der Waals surface area contributed by atoms with Crippen LogP contribution in [0.4, 0.5) is 8.78 Å². The van der Waals surface area contributed by atoms with Gasteiger partial charge in [-0.3, -0.25) is 4.79 Å². The van der Waals surface area contributed by atoms with Gasteiger partial charge in [0.15, 0.2) is 17.4 Å². The van der Waals surface area contributed by atoms with E-state index >= 15 is 13.6 Å². The van der Waals surface area contributed by atoms with Gasteiger partial charge < -0.3 is 0 Å². The summed E-state index contributed by atoms with van der Waals surface area (Å²) in [5.74, 6) is 1.42. The Morgan fingerprint density at radius 3 is 1.53 bits per heavy atom. The molecule has 0 saturated carbocycles. The Bertz CT molecular complexity index is 2710. The fourth-order valence-electron chi connectivity index (χ4n) is 12.1. The molecule has 4 nitrogen and oxygen atoms in total. The van der Waals surface area contributed by atoms with Gasteiger partial charge >= 0.3 is 0 Å². The van der Waals surface area contributed by atoms with Crippen molar-refractivity contribution in [2.75, 3.05) is 0 Å². The first-order valence-corrected chi connectivity index (χ1v) is 33.6. The molecule has 0 radical (unpaired) electrons. The minimum absolute atomic E-state index is 0.181. The Morgan fingerprint density at radius 1 is 0.513 bits per heavy atom. The van der Waals surface area contributed by atoms with Crippen LogP contribution in [0.3, 0.4) is 0 Å². The van der Waals surface area contributed by atoms with E-state index in [2.05, 4.69) is 74.4 Å². The normalized spacial score (nSPS) is 15.9. The second-order valence-electron chi connectivity index (χ2n) is 24.4. The largest absolute Gasteiger partial charge is 0.293 e. The highest BCUT2D eigenvalue weighted by Crippen LogP contribution is 2.56. The number of nitrogens with zero attached hydrogens (tertiary/aromatic N) is 3. The number of hydrogen-bond donors (Lipinski definition) is 0. The maximum absolute atomic E-state index is 17.2. The van der Waals surface area contributed by atoms with Crippen LogP contribution in [0.2, 0.25) is 0 Å². The summed E-state index contributed by atoms with van der Waals surface area (Å²) in [6, 6.07) is 12.3. The Labute approximate surface area is 474 Å². The number of thiophene rings is 4. The molecule has 1 aliphatic carbocycles. The third kappa shape index (κ3) is 15.6. The van der Waals surface area contributed by atoms with Crippen LogP contribution < -0.4 is 0 Å². The molecule has 1 aliphatic rings. The number of hydrogen-bond acceptors (Lipinski definition) is 7. The zero-order valence-corrected chi connectivity index (χ0v) is 51.8. The molecule has 418 valence electrons. The maximum atomic E-state index is 17.2. The summed E-state index contributed by atoms with van der Waals surface area (Å²) in [5, 5.41) is 10.2. The lowest BCUT2D eigenvalue weighted by atomic mass is 9.64. The van der Waals surface area contributed by atoms with E-state index in [0.29, 0.717) is 56.9 Å². The zero-order chi connectivity index (χ0) is 54.4. The number of aromatic nitrogens is 3. The molecule has 3 unspecified atom stereocenters. The van der Waals surface area contributed by atoms with E-state index in [0.717, 1.165) is 63.6 Å². The molecule has 0 fully saturated rings. The predicted octanol–water partition coefficient (Wildman–Crippen LogP) is 23.1. The maximum Gasteiger partial charge on any atom is 0.174 e. The minimum atomic E-state index is -0.877. The summed E-state index contributed by atoms with van der Waals surface area (Å²) in [6.07, 6.45) is 31.1. The van der Waals surface area contributed by atoms with E-state index in [-0.39, 0.29) is 16.9 Å². The number of unbranched alkanes of at least 4 members (excludes halogenated alkanes) is 12. The molecule has 1 aromatic carbocycles. The van der Waals surface area contributed by atoms with Crippen molar-refractivity contribution in [3.8, 4) is 40.4 Å². The number of rotatable bonds is 35. The lowest BCUT2D eigenvalue weighted by molar-refractivity contribution is 0.0846. The van der Waals surface area contributed by atoms with Crippen LogP contribution in [0.25, 0.3) is 51.4 Å². The standard InChI is InChI=1S/C66H95F2N3OS4/c1-11-13-15-17-19-20-22-24-32-50(31-23-21-18-16-14-12-2)43-71-69-61-57(54-34-33-48(9)73-54)59(67)60(68)58(62(61)70-71)55-36-35-53(75-55)56-42-51-63(76-56)64-52(41-49(10)74-64)66(65(51)72,39-37-46(7)29-25-27-44(3)4)40-38-47(8)30-26-28-45(5)6/h33-36,41-42,44-47,50H,11-32,37-40,43H2,1-10H3. The highest BCUT2D eigenvalue weighted by atomic mass is 32.1. The van der Waals surface area contributed by atoms with E-state index in [9.17, 15) is 0 Å². The summed E-state index contributed by atoms with van der Waals surface area (Å²) in [4.78, 5) is 25.2. The van der Waals surface area contributed by atoms with Crippen LogP contribution in [0.1, 0.15) is 248 Å². The molecule has 3 atom stereocenters. The van der Waals surface area contributed by atoms with Gasteiger partial charge in [-0.25, -0.2) is 8.78 Å². The number of Topliss-reactive ketones (excluding diaryl/α,β-unsaturated/α-hetero) is 1. The molecular formula is C66H95F2N3OS4. The van der Waals surface area contributed by atoms with Crippen LogP contribution in [-0.4, -0.2) is 20.8 Å². The minimum Gasteiger partial charge on any atom is -0.293 e. The Morgan fingerprint density at radius 2 is 1.01 bits per heavy atom. The van der Waals surface area contributed by atoms with Crippen LogP contribution in [-0.2, 0) is 12.0 Å². The molecule has 10 heteroatoms. The highest BCUT2D eigenvalue weighted by Gasteiger charge is 2.48. The van der Waals surface area contributed by atoms with Gasteiger partial charge in [-0.15, -0.1) is 45.3 Å². The van der Waals surface area contributed by atoms with E-state index in [1.54, 1.807) is 16.1 Å². The Hall–Kier alpha value is -3.05. The number of carbonyl (C=O) groups is 1. The van der Waals surface area contributed by atoms with Crippen molar-refractivity contribution < 1.29 is 13.6 Å². The first-order valence-electron chi connectivity index (χ1n) is 30.4. The number of fused-ring (bicyclic) bond motifs is 4. The second kappa shape index (κ2) is 29.4. The van der Waals surface area contributed by atoms with Gasteiger partial charge in [0.05, 0.1) is 28.0 Å². The van der Waals surface area contributed by atoms with E-state index < -0.39 is 17.0 Å². The van der Waals surface area contributed by atoms with E-state index in [1.807, 2.05) is 42.5 Å². The highest BCUT2D eigenvalue weighted by molar-refractivity contribution is 7.27. The number of halogens is 2. The third-order valence-electron chi connectivity index (χ3n) is 16.8. The molecule has 0 bridgehead atoms. The zero-order valence-electron chi connectivity index (χ0n) is 48.6. The van der Waals surface area contributed by atoms with Gasteiger partial charge in [-0.2, -0.15) is 15.0 Å². The van der Waals surface area contributed by atoms with Crippen molar-refractivity contribution in [1.29, 1.82) is 0 Å². The van der Waals surface area contributed by atoms with E-state index in [4.69, 9.17) is 10.2 Å². The third-order valence-corrected chi connectivity index (χ3v) is 21.4. The van der Waals surface area contributed by atoms with Gasteiger partial charge in [0.25, 0.3) is 0 Å². The molecule has 0 saturated heterocycles. The first-order chi connectivity index (χ1) is 36.6. The summed E-state index contributed by atoms with van der Waals surface area (Å²) in [6.45, 7) is 23.4. The molecular weight excluding hydrogens is 1020 g/mol. The second-order valence-corrected chi connectivity index (χ2v) is 29.1. The Balaban J connectivity index is 1.21. The summed E-state index contributed by atoms with van der Waals surface area (Å²) in [7, 11) is 0. The molecule has 5 heterocycles. The summed E-state index contributed by atoms with van der Waals surface area (Å²) < 4.78 is 34.1. The van der Waals surface area contributed by atoms with Crippen molar-refractivity contribution in [3.63, 3.8) is 0 Å². The topological polar surface area (TPSA) is 47.8 Å². The lowest BCUT2D eigenvalue weighted by Gasteiger charge is -2.38. The van der Waals surface area contributed by atoms with Gasteiger partial charge in [0.2, 0.25) is 0 Å². The number of benzene rings is 1. The molecule has 76 heavy (non-hydrogen) atoms. The summed E-state index contributed by atoms with van der Waals surface area (Å²) in [5.41, 5.74) is 2.75. The number of carbonyl (C=O) groups excluding carboxylic acids is 1. The average molecular weight is 1110 g/mol. The fourth-order valence-corrected chi connectivity index (χ4v) is 16.5. The van der Waals surface area contributed by atoms with Crippen LogP contribution in [0, 0.1) is 55.1 Å². The molecule has 0 spiro atoms. The van der Waals surface area contributed by atoms with Crippen LogP contribution >= 0.6 is 45.3 Å². The predicted molar refractivity (Wildman–Crippen MR) is 329 cm³/mol. The number of ketones is 1. The molecule has 6 aromatic rings. The molecule has 5 aromatic heterocycles. The van der Waals surface area contributed by atoms with Gasteiger partial charge in [0.1, 0.15) is 11.0 Å². The van der Waals surface area contributed by atoms with Crippen molar-refractivity contribution in [3.05, 3.63) is 68.9 Å². The van der Waals surface area contributed by atoms with Crippen molar-refractivity contribution >= 4 is 62.2 Å². The lowest BCUT2D eigenvalue weighted by Crippen LogP contribution is -2.39. The SMILES string of the molecule is CCCCCCCCCCC(CCCCCCCC)Cn1nc2c(-c3ccc(C)s3)c(F)c(F)c(-c3ccc(-c4cc5c(s4)-c4sc(C)cc4C(CCC(C)CCCC(C)C)(CCC(C)CCCC(C)C)C5=O)s3)c2n1. The van der Waals surface area contributed by atoms with Crippen LogP contribution in [0.5, 0.6) is 0 Å². The quantitative estimate of drug-likeness (QED) is 0.0373. The average Bonchev–Trinajstić information content (AvgIpc) is 4.25. The molecule has 7 rings (SSSR count). The fraction of sp³-hybridized carbons (Fsp3) is 0.652. The summed E-state index contributed by atoms with van der Waals surface area (Å²) >= 11 is 6.45. The van der Waals surface area contributed by atoms with Gasteiger partial charge in [0, 0.05) is 39.7 Å². The van der Waals surface area contributed by atoms with Gasteiger partial charge in [-0.05, 0) is 124 Å². The van der Waals surface area contributed by atoms with Gasteiger partial charge in [-0.1, -0.05) is 184 Å². The first kappa shape index (κ1) is 60.6. The molecule has 0 N–H and O–H groups in total. The number of aryl methyl sites for hydroxylation is 2. The van der Waals surface area contributed by atoms with Crippen molar-refractivity contribution in [2.24, 2.45) is 29.6 Å². The Kier molecular flexibility index (Phi) is 23.5. The smallest absolute Gasteiger partial charge is 0.174 e. The molecule has 0 amide bonds. The van der Waals surface area contributed by atoms with Crippen molar-refractivity contribution in [1.82, 2.24) is 15.0 Å².